The Labute approximate surface area is 193 Å². The topological polar surface area (TPSA) is 230 Å². The Morgan fingerprint density at radius 1 is 0.735 bits per heavy atom. The fourth-order valence-electron chi connectivity index (χ4n) is 2.40. The van der Waals surface area contributed by atoms with E-state index in [0.29, 0.717) is 0 Å². The monoisotopic (exact) mass is 482 g/mol. The van der Waals surface area contributed by atoms with Crippen LogP contribution in [0.5, 0.6) is 0 Å². The second-order valence-electron chi connectivity index (χ2n) is 6.21. The second kappa shape index (κ2) is 15.1. The number of hydrogen-bond acceptors (Lipinski definition) is 9. The van der Waals surface area contributed by atoms with Crippen molar-refractivity contribution in [3.63, 3.8) is 0 Å². The van der Waals surface area contributed by atoms with Crippen LogP contribution in [0.15, 0.2) is 22.4 Å². The summed E-state index contributed by atoms with van der Waals surface area (Å²) in [5.74, 6) is -0.867. The number of carbonyl (C=O) groups excluding carboxylic acids is 6. The van der Waals surface area contributed by atoms with Crippen molar-refractivity contribution in [1.82, 2.24) is 53.0 Å². The third-order valence-electron chi connectivity index (χ3n) is 3.91. The van der Waals surface area contributed by atoms with Crippen LogP contribution < -0.4 is 43.2 Å². The van der Waals surface area contributed by atoms with Crippen LogP contribution in [0.25, 0.3) is 0 Å². The van der Waals surface area contributed by atoms with Crippen LogP contribution in [0.1, 0.15) is 0 Å². The van der Waals surface area contributed by atoms with Gasteiger partial charge in [-0.25, -0.2) is 51.7 Å². The smallest absolute Gasteiger partial charge is 0.335 e. The van der Waals surface area contributed by atoms with Gasteiger partial charge in [-0.3, -0.25) is 19.4 Å². The minimum absolute atomic E-state index is 0.0929. The van der Waals surface area contributed by atoms with Gasteiger partial charge in [0.05, 0.1) is 0 Å². The number of imide groups is 1. The van der Waals surface area contributed by atoms with E-state index >= 15 is 0 Å². The summed E-state index contributed by atoms with van der Waals surface area (Å²) in [6.45, 7) is 7.23. The fourth-order valence-corrected chi connectivity index (χ4v) is 2.40. The van der Waals surface area contributed by atoms with Gasteiger partial charge >= 0.3 is 24.1 Å². The molecule has 1 heterocycles. The molecule has 0 atom stereocenters. The molecule has 0 saturated heterocycles. The molecule has 0 bridgehead atoms. The van der Waals surface area contributed by atoms with E-state index in [-0.39, 0.29) is 39.3 Å². The van der Waals surface area contributed by atoms with Gasteiger partial charge in [0.15, 0.2) is 0 Å². The molecule has 186 valence electrons. The predicted octanol–water partition coefficient (Wildman–Crippen LogP) is -3.53. The number of hydrogen-bond donors (Lipinski definition) is 8. The van der Waals surface area contributed by atoms with E-state index < -0.39 is 35.9 Å². The van der Waals surface area contributed by atoms with Gasteiger partial charge in [-0.05, 0) is 0 Å². The first-order chi connectivity index (χ1) is 16.3. The van der Waals surface area contributed by atoms with E-state index in [2.05, 4.69) is 45.1 Å². The van der Waals surface area contributed by atoms with Crippen LogP contribution >= 0.6 is 0 Å². The summed E-state index contributed by atoms with van der Waals surface area (Å²) >= 11 is 0. The number of urea groups is 4. The first-order valence-electron chi connectivity index (χ1n) is 9.63. The van der Waals surface area contributed by atoms with Crippen molar-refractivity contribution in [2.75, 3.05) is 39.3 Å². The standard InChI is InChI=1S/C16H26N12O6/c1-17-21-15(33)25-23-13(31)19-5-7-27(9-10-28-11(29)3-4-12(28)30)8-6-20-14(32)24-26-16(34)22-18-2/h3-4H,1-2,5-10H2,(H2,19,23,31)(H2,20,24,32)(H2,21,25,33)(H2,22,26,34). The van der Waals surface area contributed by atoms with Crippen LogP contribution in [-0.2, 0) is 9.59 Å². The molecule has 0 aromatic heterocycles. The maximum atomic E-state index is 11.7. The second-order valence-corrected chi connectivity index (χ2v) is 6.21. The quantitative estimate of drug-likeness (QED) is 0.0839. The molecular formula is C16H26N12O6. The Balaban J connectivity index is 2.46. The molecule has 1 aliphatic heterocycles. The molecule has 0 saturated carbocycles. The van der Waals surface area contributed by atoms with Gasteiger partial charge in [-0.1, -0.05) is 0 Å². The van der Waals surface area contributed by atoms with E-state index in [0.717, 1.165) is 4.90 Å². The Morgan fingerprint density at radius 3 is 1.56 bits per heavy atom. The highest BCUT2D eigenvalue weighted by Gasteiger charge is 2.23. The van der Waals surface area contributed by atoms with E-state index in [1.54, 1.807) is 4.90 Å². The number of nitrogens with one attached hydrogen (secondary N) is 8. The Kier molecular flexibility index (Phi) is 12.1. The summed E-state index contributed by atoms with van der Waals surface area (Å²) in [5, 5.41) is 11.2. The Hall–Kier alpha value is -4.74. The third-order valence-corrected chi connectivity index (χ3v) is 3.91. The molecule has 0 aromatic rings. The lowest BCUT2D eigenvalue weighted by atomic mass is 10.4. The molecule has 1 rings (SSSR count). The van der Waals surface area contributed by atoms with Crippen LogP contribution in [0.3, 0.4) is 0 Å². The highest BCUT2D eigenvalue weighted by Crippen LogP contribution is 2.03. The Bertz CT molecular complexity index is 769. The van der Waals surface area contributed by atoms with Gasteiger partial charge < -0.3 is 10.6 Å². The summed E-state index contributed by atoms with van der Waals surface area (Å²) in [6, 6.07) is -3.00. The maximum absolute atomic E-state index is 11.7. The predicted molar refractivity (Wildman–Crippen MR) is 118 cm³/mol. The molecule has 0 unspecified atom stereocenters. The van der Waals surface area contributed by atoms with Crippen LogP contribution in [-0.4, -0.2) is 98.4 Å². The van der Waals surface area contributed by atoms with Crippen molar-refractivity contribution in [2.45, 2.75) is 0 Å². The maximum Gasteiger partial charge on any atom is 0.353 e. The molecule has 0 aromatic carbocycles. The molecular weight excluding hydrogens is 456 g/mol. The van der Waals surface area contributed by atoms with Gasteiger partial charge in [-0.2, -0.15) is 10.2 Å². The molecule has 1 aliphatic rings. The Morgan fingerprint density at radius 2 is 1.15 bits per heavy atom. The fraction of sp³-hybridized carbons (Fsp3) is 0.375. The molecule has 10 amide bonds. The first kappa shape index (κ1) is 27.3. The van der Waals surface area contributed by atoms with Crippen LogP contribution in [0.2, 0.25) is 0 Å². The molecule has 0 aliphatic carbocycles. The minimum Gasteiger partial charge on any atom is -0.335 e. The van der Waals surface area contributed by atoms with Crippen molar-refractivity contribution in [1.29, 1.82) is 0 Å². The van der Waals surface area contributed by atoms with Crippen LogP contribution in [0.4, 0.5) is 19.2 Å². The van der Waals surface area contributed by atoms with Crippen molar-refractivity contribution < 1.29 is 28.8 Å². The van der Waals surface area contributed by atoms with Crippen molar-refractivity contribution in [3.05, 3.63) is 12.2 Å². The van der Waals surface area contributed by atoms with Crippen molar-refractivity contribution >= 4 is 49.4 Å². The first-order valence-corrected chi connectivity index (χ1v) is 9.63. The lowest BCUT2D eigenvalue weighted by Crippen LogP contribution is -2.52. The molecule has 18 nitrogen and oxygen atoms in total. The molecule has 0 radical (unpaired) electrons. The average Bonchev–Trinajstić information content (AvgIpc) is 3.11. The number of nitrogens with zero attached hydrogens (tertiary/aromatic N) is 4. The molecule has 0 spiro atoms. The van der Waals surface area contributed by atoms with Crippen molar-refractivity contribution in [3.8, 4) is 0 Å². The van der Waals surface area contributed by atoms with Gasteiger partial charge in [0.1, 0.15) is 0 Å². The highest BCUT2D eigenvalue weighted by atomic mass is 16.2. The van der Waals surface area contributed by atoms with Crippen molar-refractivity contribution in [2.24, 2.45) is 10.2 Å². The van der Waals surface area contributed by atoms with Gasteiger partial charge in [0.25, 0.3) is 11.8 Å². The number of carbonyl (C=O) groups is 6. The van der Waals surface area contributed by atoms with E-state index in [1.165, 1.54) is 12.2 Å². The summed E-state index contributed by atoms with van der Waals surface area (Å²) in [4.78, 5) is 72.0. The number of hydrazine groups is 2. The van der Waals surface area contributed by atoms with E-state index in [1.807, 2.05) is 21.7 Å². The summed E-state index contributed by atoms with van der Waals surface area (Å²) < 4.78 is 0. The minimum atomic E-state index is -0.794. The number of amides is 10. The molecule has 8 N–H and O–H groups in total. The number of hydrazone groups is 2. The van der Waals surface area contributed by atoms with Gasteiger partial charge in [-0.15, -0.1) is 0 Å². The van der Waals surface area contributed by atoms with Gasteiger partial charge in [0.2, 0.25) is 0 Å². The zero-order valence-corrected chi connectivity index (χ0v) is 18.0. The normalized spacial score (nSPS) is 12.0. The lowest BCUT2D eigenvalue weighted by Gasteiger charge is -2.25. The zero-order valence-electron chi connectivity index (χ0n) is 18.0. The molecule has 0 fully saturated rings. The molecule has 34 heavy (non-hydrogen) atoms. The van der Waals surface area contributed by atoms with E-state index in [9.17, 15) is 28.8 Å². The van der Waals surface area contributed by atoms with Gasteiger partial charge in [0, 0.05) is 64.9 Å². The SMILES string of the molecule is C=NNC(=O)NNC(=O)NCCN(CCNC(=O)NNC(=O)NN=C)CCN1C(=O)C=CC1=O. The van der Waals surface area contributed by atoms with Crippen LogP contribution in [0, 0.1) is 0 Å². The summed E-state index contributed by atoms with van der Waals surface area (Å²) in [5.41, 5.74) is 12.1. The third kappa shape index (κ3) is 11.0. The molecule has 18 heteroatoms. The summed E-state index contributed by atoms with van der Waals surface area (Å²) in [6.07, 6.45) is 2.33. The highest BCUT2D eigenvalue weighted by molar-refractivity contribution is 6.12. The van der Waals surface area contributed by atoms with E-state index in [4.69, 9.17) is 0 Å². The lowest BCUT2D eigenvalue weighted by molar-refractivity contribution is -0.137. The zero-order chi connectivity index (χ0) is 25.3. The number of rotatable bonds is 11. The largest absolute Gasteiger partial charge is 0.353 e. The summed E-state index contributed by atoms with van der Waals surface area (Å²) in [7, 11) is 0. The average molecular weight is 482 g/mol.